The molecule has 0 aliphatic carbocycles. The van der Waals surface area contributed by atoms with Gasteiger partial charge in [0.25, 0.3) is 5.91 Å². The number of Topliss-reactive ketones (excluding diaryl/α,β-unsaturated/α-hetero) is 1. The number of nitrogens with one attached hydrogen (secondary N) is 1. The van der Waals surface area contributed by atoms with E-state index in [-0.39, 0.29) is 23.4 Å². The molecule has 5 nitrogen and oxygen atoms in total. The third-order valence-electron chi connectivity index (χ3n) is 3.48. The lowest BCUT2D eigenvalue weighted by atomic mass is 9.79. The molecule has 2 amide bonds. The third kappa shape index (κ3) is 1.90. The maximum atomic E-state index is 12.2. The zero-order chi connectivity index (χ0) is 12.6. The smallest absolute Gasteiger partial charge is 0.251 e. The van der Waals surface area contributed by atoms with E-state index in [1.54, 1.807) is 6.92 Å². The number of nitrogens with zero attached hydrogens (tertiary/aromatic N) is 1. The maximum Gasteiger partial charge on any atom is 0.251 e. The first-order valence-electron chi connectivity index (χ1n) is 6.03. The summed E-state index contributed by atoms with van der Waals surface area (Å²) < 4.78 is 0. The van der Waals surface area contributed by atoms with E-state index in [1.807, 2.05) is 6.92 Å². The van der Waals surface area contributed by atoms with Crippen LogP contribution in [0.4, 0.5) is 0 Å². The number of ketones is 1. The average Bonchev–Trinajstić information content (AvgIpc) is 2.54. The summed E-state index contributed by atoms with van der Waals surface area (Å²) >= 11 is 0. The fraction of sp³-hybridized carbons (Fsp3) is 0.667. The highest BCUT2D eigenvalue weighted by atomic mass is 16.2. The highest BCUT2D eigenvalue weighted by Gasteiger charge is 2.48. The van der Waals surface area contributed by atoms with Gasteiger partial charge in [-0.3, -0.25) is 14.4 Å². The van der Waals surface area contributed by atoms with Gasteiger partial charge in [0.2, 0.25) is 5.91 Å². The zero-order valence-corrected chi connectivity index (χ0v) is 10.0. The zero-order valence-electron chi connectivity index (χ0n) is 10.0. The standard InChI is InChI=1S/C12H16N2O3/c1-3-4-5-7-9(15)8-6(2)11(16)13-10(8)14-12(7)17/h6-8H,3-5H2,1-2H3,(H,13,14,16,17)/t6-,7+,8-/m1/s1. The summed E-state index contributed by atoms with van der Waals surface area (Å²) in [5, 5.41) is 2.60. The molecule has 0 saturated carbocycles. The van der Waals surface area contributed by atoms with E-state index in [1.165, 1.54) is 0 Å². The van der Waals surface area contributed by atoms with Crippen LogP contribution in [-0.2, 0) is 14.4 Å². The third-order valence-corrected chi connectivity index (χ3v) is 3.48. The summed E-state index contributed by atoms with van der Waals surface area (Å²) in [6.07, 6.45) is 2.34. The lowest BCUT2D eigenvalue weighted by molar-refractivity contribution is -0.138. The van der Waals surface area contributed by atoms with Crippen molar-refractivity contribution in [2.24, 2.45) is 22.7 Å². The van der Waals surface area contributed by atoms with Gasteiger partial charge in [0.05, 0.1) is 17.8 Å². The normalized spacial score (nSPS) is 32.2. The van der Waals surface area contributed by atoms with Gasteiger partial charge in [0.1, 0.15) is 5.84 Å². The Kier molecular flexibility index (Phi) is 3.09. The molecule has 3 atom stereocenters. The monoisotopic (exact) mass is 236 g/mol. The van der Waals surface area contributed by atoms with E-state index >= 15 is 0 Å². The fourth-order valence-electron chi connectivity index (χ4n) is 2.40. The Morgan fingerprint density at radius 1 is 1.29 bits per heavy atom. The van der Waals surface area contributed by atoms with Gasteiger partial charge in [-0.05, 0) is 6.42 Å². The van der Waals surface area contributed by atoms with Crippen molar-refractivity contribution in [3.63, 3.8) is 0 Å². The lowest BCUT2D eigenvalue weighted by Crippen LogP contribution is -2.52. The van der Waals surface area contributed by atoms with Gasteiger partial charge in [-0.25, -0.2) is 0 Å². The van der Waals surface area contributed by atoms with Crippen molar-refractivity contribution in [1.82, 2.24) is 5.32 Å². The minimum Gasteiger partial charge on any atom is -0.313 e. The second-order valence-electron chi connectivity index (χ2n) is 4.69. The molecule has 92 valence electrons. The summed E-state index contributed by atoms with van der Waals surface area (Å²) in [7, 11) is 0. The van der Waals surface area contributed by atoms with Crippen molar-refractivity contribution in [3.05, 3.63) is 0 Å². The molecule has 0 aromatic rings. The second kappa shape index (κ2) is 4.39. The summed E-state index contributed by atoms with van der Waals surface area (Å²) in [4.78, 5) is 39.1. The predicted octanol–water partition coefficient (Wildman–Crippen LogP) is 0.683. The molecule has 17 heavy (non-hydrogen) atoms. The second-order valence-corrected chi connectivity index (χ2v) is 4.69. The van der Waals surface area contributed by atoms with Crippen LogP contribution in [0.15, 0.2) is 4.99 Å². The number of unbranched alkanes of at least 4 members (excludes halogenated alkanes) is 1. The van der Waals surface area contributed by atoms with Crippen LogP contribution in [0.5, 0.6) is 0 Å². The van der Waals surface area contributed by atoms with Crippen LogP contribution >= 0.6 is 0 Å². The molecule has 1 saturated heterocycles. The number of carbonyl (C=O) groups is 3. The molecule has 0 unspecified atom stereocenters. The average molecular weight is 236 g/mol. The molecule has 2 aliphatic heterocycles. The molecule has 0 spiro atoms. The molecular weight excluding hydrogens is 220 g/mol. The number of hydrogen-bond acceptors (Lipinski definition) is 3. The molecule has 1 fully saturated rings. The minimum absolute atomic E-state index is 0.140. The number of fused-ring (bicyclic) bond motifs is 1. The largest absolute Gasteiger partial charge is 0.313 e. The molecule has 2 aliphatic rings. The minimum atomic E-state index is -0.604. The van der Waals surface area contributed by atoms with Crippen LogP contribution in [-0.4, -0.2) is 23.4 Å². The number of amides is 2. The highest BCUT2D eigenvalue weighted by Crippen LogP contribution is 2.30. The van der Waals surface area contributed by atoms with Crippen LogP contribution in [0.1, 0.15) is 33.1 Å². The van der Waals surface area contributed by atoms with E-state index in [0.29, 0.717) is 6.42 Å². The summed E-state index contributed by atoms with van der Waals surface area (Å²) in [6, 6.07) is 0. The topological polar surface area (TPSA) is 75.6 Å². The molecular formula is C12H16N2O3. The van der Waals surface area contributed by atoms with Crippen LogP contribution in [0.2, 0.25) is 0 Å². The van der Waals surface area contributed by atoms with Gasteiger partial charge >= 0.3 is 0 Å². The van der Waals surface area contributed by atoms with Crippen molar-refractivity contribution in [2.45, 2.75) is 33.1 Å². The van der Waals surface area contributed by atoms with Crippen molar-refractivity contribution in [1.29, 1.82) is 0 Å². The predicted molar refractivity (Wildman–Crippen MR) is 61.3 cm³/mol. The molecule has 5 heteroatoms. The van der Waals surface area contributed by atoms with E-state index in [0.717, 1.165) is 12.8 Å². The summed E-state index contributed by atoms with van der Waals surface area (Å²) in [5.74, 6) is -2.06. The van der Waals surface area contributed by atoms with Gasteiger partial charge < -0.3 is 5.32 Å². The van der Waals surface area contributed by atoms with Gasteiger partial charge in [-0.15, -0.1) is 0 Å². The number of rotatable bonds is 3. The molecule has 2 heterocycles. The van der Waals surface area contributed by atoms with E-state index in [4.69, 9.17) is 0 Å². The maximum absolute atomic E-state index is 12.2. The van der Waals surface area contributed by atoms with Crippen LogP contribution in [0, 0.1) is 17.8 Å². The van der Waals surface area contributed by atoms with Crippen molar-refractivity contribution >= 4 is 23.4 Å². The van der Waals surface area contributed by atoms with Gasteiger partial charge in [-0.1, -0.05) is 26.7 Å². The summed E-state index contributed by atoms with van der Waals surface area (Å²) in [5.41, 5.74) is 0. The van der Waals surface area contributed by atoms with E-state index < -0.39 is 17.8 Å². The van der Waals surface area contributed by atoms with Crippen LogP contribution < -0.4 is 5.32 Å². The molecule has 2 rings (SSSR count). The van der Waals surface area contributed by atoms with E-state index in [9.17, 15) is 14.4 Å². The SMILES string of the molecule is CCCC[C@@H]1C(=O)NC2=NC(=O)[C@H](C)[C@@H]2C1=O. The molecule has 1 N–H and O–H groups in total. The number of amidine groups is 1. The van der Waals surface area contributed by atoms with Crippen molar-refractivity contribution in [2.75, 3.05) is 0 Å². The van der Waals surface area contributed by atoms with Gasteiger partial charge in [0, 0.05) is 0 Å². The molecule has 0 aromatic heterocycles. The van der Waals surface area contributed by atoms with Crippen LogP contribution in [0.25, 0.3) is 0 Å². The van der Waals surface area contributed by atoms with Gasteiger partial charge in [-0.2, -0.15) is 4.99 Å². The van der Waals surface area contributed by atoms with Gasteiger partial charge in [0.15, 0.2) is 5.78 Å². The first-order valence-corrected chi connectivity index (χ1v) is 6.03. The Bertz CT molecular complexity index is 414. The Morgan fingerprint density at radius 3 is 2.65 bits per heavy atom. The number of piperidine rings is 1. The van der Waals surface area contributed by atoms with Crippen LogP contribution in [0.3, 0.4) is 0 Å². The first kappa shape index (κ1) is 12.0. The Labute approximate surface area is 99.7 Å². The molecule has 0 radical (unpaired) electrons. The summed E-state index contributed by atoms with van der Waals surface area (Å²) in [6.45, 7) is 3.70. The van der Waals surface area contributed by atoms with E-state index in [2.05, 4.69) is 10.3 Å². The lowest BCUT2D eigenvalue weighted by Gasteiger charge is -2.27. The Balaban J connectivity index is 2.21. The molecule has 0 bridgehead atoms. The first-order chi connectivity index (χ1) is 8.06. The van der Waals surface area contributed by atoms with Crippen molar-refractivity contribution < 1.29 is 14.4 Å². The Morgan fingerprint density at radius 2 is 2.00 bits per heavy atom. The number of carbonyl (C=O) groups excluding carboxylic acids is 3. The Hall–Kier alpha value is -1.52. The number of aliphatic imine (C=N–C) groups is 1. The molecule has 0 aromatic carbocycles. The highest BCUT2D eigenvalue weighted by molar-refractivity contribution is 6.26. The number of hydrogen-bond donors (Lipinski definition) is 1. The van der Waals surface area contributed by atoms with Crippen molar-refractivity contribution in [3.8, 4) is 0 Å². The fourth-order valence-corrected chi connectivity index (χ4v) is 2.40. The quantitative estimate of drug-likeness (QED) is 0.732.